The molecule has 0 heterocycles. The number of aryl methyl sites for hydroxylation is 1. The van der Waals surface area contributed by atoms with Gasteiger partial charge in [0.05, 0.1) is 0 Å². The summed E-state index contributed by atoms with van der Waals surface area (Å²) in [5.74, 6) is 2.27. The first-order chi connectivity index (χ1) is 9.60. The van der Waals surface area contributed by atoms with Crippen molar-refractivity contribution < 1.29 is 4.74 Å². The van der Waals surface area contributed by atoms with Crippen molar-refractivity contribution in [3.8, 4) is 11.5 Å². The Hall–Kier alpha value is -1.80. The Bertz CT molecular complexity index is 558. The zero-order chi connectivity index (χ0) is 14.5. The van der Waals surface area contributed by atoms with Crippen molar-refractivity contribution in [3.05, 3.63) is 59.2 Å². The average molecular weight is 269 g/mol. The molecule has 2 N–H and O–H groups in total. The van der Waals surface area contributed by atoms with E-state index in [0.717, 1.165) is 17.9 Å². The Morgan fingerprint density at radius 3 is 2.35 bits per heavy atom. The van der Waals surface area contributed by atoms with Gasteiger partial charge in [0, 0.05) is 0 Å². The lowest BCUT2D eigenvalue weighted by Crippen LogP contribution is -2.02. The highest BCUT2D eigenvalue weighted by Crippen LogP contribution is 2.31. The van der Waals surface area contributed by atoms with E-state index in [4.69, 9.17) is 10.5 Å². The van der Waals surface area contributed by atoms with Crippen LogP contribution in [0.3, 0.4) is 0 Å². The summed E-state index contributed by atoms with van der Waals surface area (Å²) in [5, 5.41) is 0. The summed E-state index contributed by atoms with van der Waals surface area (Å²) in [6.07, 6.45) is 0.905. The fourth-order valence-electron chi connectivity index (χ4n) is 2.22. The topological polar surface area (TPSA) is 35.2 Å². The van der Waals surface area contributed by atoms with E-state index in [1.54, 1.807) is 0 Å². The minimum Gasteiger partial charge on any atom is -0.457 e. The lowest BCUT2D eigenvalue weighted by Gasteiger charge is -2.15. The highest BCUT2D eigenvalue weighted by Gasteiger charge is 2.09. The third-order valence-electron chi connectivity index (χ3n) is 3.38. The Morgan fingerprint density at radius 1 is 1.05 bits per heavy atom. The van der Waals surface area contributed by atoms with Gasteiger partial charge in [-0.15, -0.1) is 0 Å². The third kappa shape index (κ3) is 3.61. The Balaban J connectivity index is 2.22. The fourth-order valence-corrected chi connectivity index (χ4v) is 2.22. The minimum absolute atomic E-state index is 0.446. The predicted octanol–water partition coefficient (Wildman–Crippen LogP) is 4.41. The van der Waals surface area contributed by atoms with E-state index >= 15 is 0 Å². The maximum atomic E-state index is 6.05. The zero-order valence-electron chi connectivity index (χ0n) is 12.5. The maximum Gasteiger partial charge on any atom is 0.131 e. The molecule has 0 saturated heterocycles. The number of benzene rings is 2. The summed E-state index contributed by atoms with van der Waals surface area (Å²) in [5.41, 5.74) is 9.25. The van der Waals surface area contributed by atoms with Gasteiger partial charge in [0.15, 0.2) is 0 Å². The lowest BCUT2D eigenvalue weighted by atomic mass is 10.0. The van der Waals surface area contributed by atoms with Gasteiger partial charge < -0.3 is 10.5 Å². The van der Waals surface area contributed by atoms with E-state index in [1.165, 1.54) is 16.7 Å². The predicted molar refractivity (Wildman–Crippen MR) is 84.5 cm³/mol. The molecule has 2 aromatic rings. The molecular formula is C18H23NO. The van der Waals surface area contributed by atoms with Crippen LogP contribution in [0.4, 0.5) is 0 Å². The monoisotopic (exact) mass is 269 g/mol. The smallest absolute Gasteiger partial charge is 0.131 e. The second-order valence-electron chi connectivity index (χ2n) is 5.48. The summed E-state index contributed by atoms with van der Waals surface area (Å²) in [6, 6.07) is 14.6. The van der Waals surface area contributed by atoms with Crippen molar-refractivity contribution in [2.45, 2.75) is 33.1 Å². The maximum absolute atomic E-state index is 6.05. The molecule has 0 aliphatic heterocycles. The van der Waals surface area contributed by atoms with Gasteiger partial charge in [-0.2, -0.15) is 0 Å². The SMILES string of the molecule is Cc1ccc(C(C)C)c(Oc2ccc(CCN)cc2)c1. The van der Waals surface area contributed by atoms with E-state index in [-0.39, 0.29) is 0 Å². The second kappa shape index (κ2) is 6.58. The molecule has 2 nitrogen and oxygen atoms in total. The van der Waals surface area contributed by atoms with Gasteiger partial charge in [-0.25, -0.2) is 0 Å². The van der Waals surface area contributed by atoms with Gasteiger partial charge in [0.25, 0.3) is 0 Å². The Kier molecular flexibility index (Phi) is 4.80. The molecule has 0 amide bonds. The van der Waals surface area contributed by atoms with Crippen LogP contribution in [0, 0.1) is 6.92 Å². The summed E-state index contributed by atoms with van der Waals surface area (Å²) in [7, 11) is 0. The Morgan fingerprint density at radius 2 is 1.75 bits per heavy atom. The second-order valence-corrected chi connectivity index (χ2v) is 5.48. The van der Waals surface area contributed by atoms with Crippen molar-refractivity contribution in [3.63, 3.8) is 0 Å². The van der Waals surface area contributed by atoms with Crippen molar-refractivity contribution in [2.24, 2.45) is 5.73 Å². The number of nitrogens with two attached hydrogens (primary N) is 1. The first kappa shape index (κ1) is 14.6. The van der Waals surface area contributed by atoms with Gasteiger partial charge in [0.2, 0.25) is 0 Å². The van der Waals surface area contributed by atoms with E-state index in [9.17, 15) is 0 Å². The van der Waals surface area contributed by atoms with Crippen molar-refractivity contribution in [2.75, 3.05) is 6.54 Å². The van der Waals surface area contributed by atoms with Crippen LogP contribution in [-0.4, -0.2) is 6.54 Å². The van der Waals surface area contributed by atoms with E-state index in [1.807, 2.05) is 12.1 Å². The van der Waals surface area contributed by atoms with Crippen LogP contribution in [0.15, 0.2) is 42.5 Å². The van der Waals surface area contributed by atoms with Crippen LogP contribution in [0.2, 0.25) is 0 Å². The van der Waals surface area contributed by atoms with Gasteiger partial charge >= 0.3 is 0 Å². The molecule has 0 unspecified atom stereocenters. The molecule has 0 fully saturated rings. The first-order valence-electron chi connectivity index (χ1n) is 7.17. The molecule has 106 valence electrons. The number of rotatable bonds is 5. The molecule has 0 spiro atoms. The van der Waals surface area contributed by atoms with Crippen LogP contribution >= 0.6 is 0 Å². The number of hydrogen-bond acceptors (Lipinski definition) is 2. The highest BCUT2D eigenvalue weighted by atomic mass is 16.5. The van der Waals surface area contributed by atoms with Crippen LogP contribution in [0.1, 0.15) is 36.5 Å². The standard InChI is InChI=1S/C18H23NO/c1-13(2)17-9-4-14(3)12-18(17)20-16-7-5-15(6-8-16)10-11-19/h4-9,12-13H,10-11,19H2,1-3H3. The molecular weight excluding hydrogens is 246 g/mol. The van der Waals surface area contributed by atoms with Crippen LogP contribution in [0.25, 0.3) is 0 Å². The normalized spacial score (nSPS) is 10.8. The molecule has 2 rings (SSSR count). The quantitative estimate of drug-likeness (QED) is 0.872. The molecule has 20 heavy (non-hydrogen) atoms. The summed E-state index contributed by atoms with van der Waals surface area (Å²) in [6.45, 7) is 7.13. The summed E-state index contributed by atoms with van der Waals surface area (Å²) < 4.78 is 6.05. The van der Waals surface area contributed by atoms with Gasteiger partial charge in [0.1, 0.15) is 11.5 Å². The molecule has 0 atom stereocenters. The third-order valence-corrected chi connectivity index (χ3v) is 3.38. The fraction of sp³-hybridized carbons (Fsp3) is 0.333. The van der Waals surface area contributed by atoms with Gasteiger partial charge in [-0.1, -0.05) is 38.1 Å². The molecule has 0 aromatic heterocycles. The highest BCUT2D eigenvalue weighted by molar-refractivity contribution is 5.42. The zero-order valence-corrected chi connectivity index (χ0v) is 12.5. The van der Waals surface area contributed by atoms with E-state index < -0.39 is 0 Å². The average Bonchev–Trinajstić information content (AvgIpc) is 2.41. The summed E-state index contributed by atoms with van der Waals surface area (Å²) >= 11 is 0. The molecule has 2 aromatic carbocycles. The van der Waals surface area contributed by atoms with Gasteiger partial charge in [-0.05, 0) is 60.7 Å². The molecule has 0 radical (unpaired) electrons. The number of ether oxygens (including phenoxy) is 1. The molecule has 0 aliphatic carbocycles. The van der Waals surface area contributed by atoms with Crippen LogP contribution in [0.5, 0.6) is 11.5 Å². The number of hydrogen-bond donors (Lipinski definition) is 1. The van der Waals surface area contributed by atoms with Gasteiger partial charge in [-0.3, -0.25) is 0 Å². The van der Waals surface area contributed by atoms with Crippen LogP contribution < -0.4 is 10.5 Å². The van der Waals surface area contributed by atoms with E-state index in [2.05, 4.69) is 51.1 Å². The van der Waals surface area contributed by atoms with Crippen molar-refractivity contribution in [1.82, 2.24) is 0 Å². The van der Waals surface area contributed by atoms with Crippen molar-refractivity contribution >= 4 is 0 Å². The first-order valence-corrected chi connectivity index (χ1v) is 7.17. The largest absolute Gasteiger partial charge is 0.457 e. The molecule has 2 heteroatoms. The van der Waals surface area contributed by atoms with E-state index in [0.29, 0.717) is 12.5 Å². The minimum atomic E-state index is 0.446. The van der Waals surface area contributed by atoms with Crippen LogP contribution in [-0.2, 0) is 6.42 Å². The summed E-state index contributed by atoms with van der Waals surface area (Å²) in [4.78, 5) is 0. The molecule has 0 saturated carbocycles. The van der Waals surface area contributed by atoms with Crippen molar-refractivity contribution in [1.29, 1.82) is 0 Å². The molecule has 0 bridgehead atoms. The lowest BCUT2D eigenvalue weighted by molar-refractivity contribution is 0.472. The molecule has 0 aliphatic rings. The Labute approximate surface area is 121 Å².